The van der Waals surface area contributed by atoms with Crippen LogP contribution in [0.2, 0.25) is 0 Å². The van der Waals surface area contributed by atoms with Gasteiger partial charge >= 0.3 is 0 Å². The Morgan fingerprint density at radius 3 is 2.43 bits per heavy atom. The lowest BCUT2D eigenvalue weighted by Gasteiger charge is -2.24. The fourth-order valence-corrected chi connectivity index (χ4v) is 6.01. The molecule has 1 unspecified atom stereocenters. The quantitative estimate of drug-likeness (QED) is 0.626. The van der Waals surface area contributed by atoms with E-state index >= 15 is 0 Å². The van der Waals surface area contributed by atoms with Crippen LogP contribution in [-0.2, 0) is 10.0 Å². The highest BCUT2D eigenvalue weighted by atomic mass is 32.2. The summed E-state index contributed by atoms with van der Waals surface area (Å²) in [6.07, 6.45) is 9.55. The van der Waals surface area contributed by atoms with E-state index in [9.17, 15) is 8.42 Å². The first kappa shape index (κ1) is 19.2. The Hall–Kier alpha value is -2.73. The Balaban J connectivity index is 1.69. The maximum atomic E-state index is 13.5. The minimum absolute atomic E-state index is 0.213. The van der Waals surface area contributed by atoms with Gasteiger partial charge < -0.3 is 9.80 Å². The van der Waals surface area contributed by atoms with Gasteiger partial charge in [0.25, 0.3) is 10.0 Å². The normalized spacial score (nSPS) is 19.7. The molecule has 0 spiro atoms. The van der Waals surface area contributed by atoms with E-state index in [-0.39, 0.29) is 5.92 Å². The third-order valence-corrected chi connectivity index (χ3v) is 8.01. The van der Waals surface area contributed by atoms with Crippen LogP contribution in [0.15, 0.2) is 71.9 Å². The lowest BCUT2D eigenvalue weighted by atomic mass is 9.93. The van der Waals surface area contributed by atoms with E-state index in [1.54, 1.807) is 24.3 Å². The van der Waals surface area contributed by atoms with Crippen LogP contribution in [0.25, 0.3) is 10.9 Å². The highest BCUT2D eigenvalue weighted by Crippen LogP contribution is 2.37. The van der Waals surface area contributed by atoms with Crippen LogP contribution in [0.1, 0.15) is 30.7 Å². The smallest absolute Gasteiger partial charge is 0.268 e. The molecule has 1 aromatic heterocycles. The number of aromatic nitrogens is 1. The molecule has 0 amide bonds. The van der Waals surface area contributed by atoms with E-state index in [1.807, 2.05) is 18.3 Å². The van der Waals surface area contributed by atoms with Crippen molar-refractivity contribution in [3.63, 3.8) is 0 Å². The first-order valence-electron chi connectivity index (χ1n) is 10.6. The summed E-state index contributed by atoms with van der Waals surface area (Å²) < 4.78 is 28.4. The van der Waals surface area contributed by atoms with Crippen LogP contribution in [0.3, 0.4) is 0 Å². The molecule has 5 nitrogen and oxygen atoms in total. The van der Waals surface area contributed by atoms with Crippen LogP contribution >= 0.6 is 0 Å². The molecule has 2 aliphatic rings. The molecule has 156 valence electrons. The van der Waals surface area contributed by atoms with E-state index in [2.05, 4.69) is 41.3 Å². The zero-order valence-electron chi connectivity index (χ0n) is 17.2. The molecular weight excluding hydrogens is 394 g/mol. The van der Waals surface area contributed by atoms with Gasteiger partial charge in [0.1, 0.15) is 0 Å². The largest absolute Gasteiger partial charge is 0.381 e. The van der Waals surface area contributed by atoms with Crippen molar-refractivity contribution in [2.75, 3.05) is 31.6 Å². The maximum Gasteiger partial charge on any atom is 0.268 e. The van der Waals surface area contributed by atoms with Crippen molar-refractivity contribution in [3.8, 4) is 0 Å². The van der Waals surface area contributed by atoms with Gasteiger partial charge in [0.2, 0.25) is 0 Å². The van der Waals surface area contributed by atoms with E-state index in [0.717, 1.165) is 42.5 Å². The molecule has 2 aromatic carbocycles. The van der Waals surface area contributed by atoms with Gasteiger partial charge in [-0.3, -0.25) is 0 Å². The van der Waals surface area contributed by atoms with E-state index in [0.29, 0.717) is 4.90 Å². The van der Waals surface area contributed by atoms with Gasteiger partial charge in [-0.25, -0.2) is 12.4 Å². The molecule has 0 N–H and O–H groups in total. The molecular formula is C24H27N3O2S. The zero-order chi connectivity index (χ0) is 20.7. The van der Waals surface area contributed by atoms with Crippen LogP contribution in [0.5, 0.6) is 0 Å². The molecule has 6 heteroatoms. The fourth-order valence-electron chi connectivity index (χ4n) is 4.61. The second kappa shape index (κ2) is 7.51. The number of hydrogen-bond donors (Lipinski definition) is 0. The monoisotopic (exact) mass is 421 g/mol. The SMILES string of the molecule is CN1C=CC(c2cn(S(=O)(=O)c3ccccc3)c3ccc(N4CCCC4)cc23)CC1. The number of allylic oxidation sites excluding steroid dienone is 1. The van der Waals surface area contributed by atoms with Crippen LogP contribution in [-0.4, -0.2) is 44.0 Å². The predicted octanol–water partition coefficient (Wildman–Crippen LogP) is 4.41. The minimum atomic E-state index is -3.66. The highest BCUT2D eigenvalue weighted by molar-refractivity contribution is 7.90. The molecule has 3 heterocycles. The lowest BCUT2D eigenvalue weighted by Crippen LogP contribution is -2.19. The summed E-state index contributed by atoms with van der Waals surface area (Å²) in [5.74, 6) is 0.213. The Bertz CT molecular complexity index is 1190. The number of hydrogen-bond acceptors (Lipinski definition) is 4. The molecule has 3 aromatic rings. The number of rotatable bonds is 4. The van der Waals surface area contributed by atoms with Crippen molar-refractivity contribution in [2.45, 2.75) is 30.1 Å². The summed E-state index contributed by atoms with van der Waals surface area (Å²) in [5.41, 5.74) is 3.03. The Morgan fingerprint density at radius 2 is 1.73 bits per heavy atom. The first-order chi connectivity index (χ1) is 14.5. The molecule has 1 fully saturated rings. The van der Waals surface area contributed by atoms with Crippen molar-refractivity contribution < 1.29 is 8.42 Å². The number of nitrogens with zero attached hydrogens (tertiary/aromatic N) is 3. The summed E-state index contributed by atoms with van der Waals surface area (Å²) in [6.45, 7) is 3.10. The average Bonchev–Trinajstić information content (AvgIpc) is 3.43. The van der Waals surface area contributed by atoms with Crippen molar-refractivity contribution >= 4 is 26.6 Å². The summed E-state index contributed by atoms with van der Waals surface area (Å²) in [6, 6.07) is 14.9. The Kier molecular flexibility index (Phi) is 4.82. The number of fused-ring (bicyclic) bond motifs is 1. The van der Waals surface area contributed by atoms with Crippen molar-refractivity contribution in [2.24, 2.45) is 0 Å². The second-order valence-electron chi connectivity index (χ2n) is 8.31. The average molecular weight is 422 g/mol. The predicted molar refractivity (Wildman–Crippen MR) is 122 cm³/mol. The van der Waals surface area contributed by atoms with Gasteiger partial charge in [0, 0.05) is 49.9 Å². The van der Waals surface area contributed by atoms with Crippen LogP contribution in [0, 0.1) is 0 Å². The lowest BCUT2D eigenvalue weighted by molar-refractivity contribution is 0.409. The maximum absolute atomic E-state index is 13.5. The summed E-state index contributed by atoms with van der Waals surface area (Å²) in [4.78, 5) is 4.89. The summed E-state index contributed by atoms with van der Waals surface area (Å²) in [7, 11) is -1.59. The van der Waals surface area contributed by atoms with Crippen molar-refractivity contribution in [3.05, 3.63) is 72.6 Å². The van der Waals surface area contributed by atoms with Crippen molar-refractivity contribution in [1.82, 2.24) is 8.87 Å². The minimum Gasteiger partial charge on any atom is -0.381 e. The van der Waals surface area contributed by atoms with Gasteiger partial charge in [-0.15, -0.1) is 0 Å². The standard InChI is InChI=1S/C24H27N3O2S/c1-25-15-11-19(12-16-25)23-18-27(30(28,29)21-7-3-2-4-8-21)24-10-9-20(17-22(23)24)26-13-5-6-14-26/h2-4,7-11,15,17-19H,5-6,12-14,16H2,1H3. The Labute approximate surface area is 178 Å². The van der Waals surface area contributed by atoms with Crippen LogP contribution < -0.4 is 4.90 Å². The van der Waals surface area contributed by atoms with Gasteiger partial charge in [-0.2, -0.15) is 0 Å². The van der Waals surface area contributed by atoms with Gasteiger partial charge in [-0.1, -0.05) is 24.3 Å². The van der Waals surface area contributed by atoms with Gasteiger partial charge in [0.05, 0.1) is 10.4 Å². The van der Waals surface area contributed by atoms with E-state index in [1.165, 1.54) is 22.5 Å². The van der Waals surface area contributed by atoms with E-state index < -0.39 is 10.0 Å². The molecule has 5 rings (SSSR count). The molecule has 2 aliphatic heterocycles. The molecule has 1 saturated heterocycles. The topological polar surface area (TPSA) is 45.6 Å². The Morgan fingerprint density at radius 1 is 0.967 bits per heavy atom. The molecule has 0 bridgehead atoms. The summed E-state index contributed by atoms with van der Waals surface area (Å²) in [5, 5.41) is 1.04. The number of anilines is 1. The van der Waals surface area contributed by atoms with Crippen molar-refractivity contribution in [1.29, 1.82) is 0 Å². The fraction of sp³-hybridized carbons (Fsp3) is 0.333. The molecule has 1 atom stereocenters. The third-order valence-electron chi connectivity index (χ3n) is 6.32. The molecule has 0 aliphatic carbocycles. The second-order valence-corrected chi connectivity index (χ2v) is 10.1. The first-order valence-corrected chi connectivity index (χ1v) is 12.1. The van der Waals surface area contributed by atoms with E-state index in [4.69, 9.17) is 0 Å². The molecule has 30 heavy (non-hydrogen) atoms. The number of benzene rings is 2. The van der Waals surface area contributed by atoms with Gasteiger partial charge in [0.15, 0.2) is 0 Å². The molecule has 0 radical (unpaired) electrons. The zero-order valence-corrected chi connectivity index (χ0v) is 18.1. The molecule has 0 saturated carbocycles. The summed E-state index contributed by atoms with van der Waals surface area (Å²) >= 11 is 0. The van der Waals surface area contributed by atoms with Gasteiger partial charge in [-0.05, 0) is 61.4 Å². The van der Waals surface area contributed by atoms with Crippen LogP contribution in [0.4, 0.5) is 5.69 Å². The highest BCUT2D eigenvalue weighted by Gasteiger charge is 2.25. The third kappa shape index (κ3) is 3.29.